The summed E-state index contributed by atoms with van der Waals surface area (Å²) in [6.07, 6.45) is 0. The zero-order valence-electron chi connectivity index (χ0n) is 8.04. The fourth-order valence-corrected chi connectivity index (χ4v) is 3.60. The molecule has 0 nitrogen and oxygen atoms in total. The Balaban J connectivity index is 2.02. The number of rotatable bonds is 3. The molecule has 0 saturated carbocycles. The average molecular weight is 321 g/mol. The summed E-state index contributed by atoms with van der Waals surface area (Å²) in [5, 5.41) is 0. The third-order valence-corrected chi connectivity index (χ3v) is 4.75. The molecule has 2 aromatic rings. The third-order valence-electron chi connectivity index (χ3n) is 1.90. The average Bonchev–Trinajstić information content (AvgIpc) is 2.66. The van der Waals surface area contributed by atoms with Crippen LogP contribution in [0, 0.1) is 11.6 Å². The van der Waals surface area contributed by atoms with Crippen LogP contribution in [-0.2, 0) is 5.75 Å². The maximum atomic E-state index is 12.9. The van der Waals surface area contributed by atoms with Gasteiger partial charge in [0.15, 0.2) is 11.6 Å². The third kappa shape index (κ3) is 3.06. The highest BCUT2D eigenvalue weighted by molar-refractivity contribution is 9.11. The lowest BCUT2D eigenvalue weighted by atomic mass is 10.3. The first-order valence-electron chi connectivity index (χ1n) is 4.47. The summed E-state index contributed by atoms with van der Waals surface area (Å²) >= 11 is 6.51. The first kappa shape index (κ1) is 12.1. The highest BCUT2D eigenvalue weighted by atomic mass is 79.9. The van der Waals surface area contributed by atoms with Crippen molar-refractivity contribution >= 4 is 39.0 Å². The van der Waals surface area contributed by atoms with Crippen LogP contribution in [-0.4, -0.2) is 0 Å². The lowest BCUT2D eigenvalue weighted by Gasteiger charge is -2.00. The van der Waals surface area contributed by atoms with Crippen molar-refractivity contribution in [2.24, 2.45) is 0 Å². The second kappa shape index (κ2) is 5.29. The van der Waals surface area contributed by atoms with Gasteiger partial charge in [0.25, 0.3) is 0 Å². The van der Waals surface area contributed by atoms with Crippen LogP contribution in [0.2, 0.25) is 0 Å². The van der Waals surface area contributed by atoms with Gasteiger partial charge >= 0.3 is 0 Å². The minimum Gasteiger partial charge on any atom is -0.204 e. The minimum atomic E-state index is -0.803. The normalized spacial score (nSPS) is 10.7. The topological polar surface area (TPSA) is 0 Å². The SMILES string of the molecule is Fc1ccc(SCc2ccc(Br)s2)cc1F. The van der Waals surface area contributed by atoms with Crippen LogP contribution in [0.1, 0.15) is 4.88 Å². The first-order valence-corrected chi connectivity index (χ1v) is 7.07. The van der Waals surface area contributed by atoms with Gasteiger partial charge in [0, 0.05) is 15.5 Å². The van der Waals surface area contributed by atoms with Crippen LogP contribution in [0.4, 0.5) is 8.78 Å². The zero-order valence-corrected chi connectivity index (χ0v) is 11.3. The molecule has 5 heteroatoms. The van der Waals surface area contributed by atoms with Gasteiger partial charge in [-0.2, -0.15) is 0 Å². The molecule has 1 aromatic carbocycles. The number of hydrogen-bond acceptors (Lipinski definition) is 2. The highest BCUT2D eigenvalue weighted by Gasteiger charge is 2.04. The van der Waals surface area contributed by atoms with Gasteiger partial charge in [-0.3, -0.25) is 0 Å². The smallest absolute Gasteiger partial charge is 0.159 e. The van der Waals surface area contributed by atoms with E-state index in [1.807, 2.05) is 12.1 Å². The Morgan fingerprint density at radius 3 is 2.56 bits per heavy atom. The number of benzene rings is 1. The van der Waals surface area contributed by atoms with Gasteiger partial charge in [0.1, 0.15) is 0 Å². The molecule has 16 heavy (non-hydrogen) atoms. The van der Waals surface area contributed by atoms with Gasteiger partial charge in [0.05, 0.1) is 3.79 Å². The van der Waals surface area contributed by atoms with Crippen molar-refractivity contribution in [1.82, 2.24) is 0 Å². The van der Waals surface area contributed by atoms with E-state index in [-0.39, 0.29) is 0 Å². The van der Waals surface area contributed by atoms with Crippen molar-refractivity contribution in [2.75, 3.05) is 0 Å². The molecule has 0 aliphatic rings. The molecular formula is C11H7BrF2S2. The fraction of sp³-hybridized carbons (Fsp3) is 0.0909. The van der Waals surface area contributed by atoms with E-state index in [0.717, 1.165) is 20.5 Å². The van der Waals surface area contributed by atoms with Gasteiger partial charge in [-0.15, -0.1) is 23.1 Å². The number of halogens is 3. The molecule has 1 heterocycles. The molecule has 2 rings (SSSR count). The number of thioether (sulfide) groups is 1. The Morgan fingerprint density at radius 1 is 1.12 bits per heavy atom. The second-order valence-electron chi connectivity index (χ2n) is 3.07. The Kier molecular flexibility index (Phi) is 4.00. The largest absolute Gasteiger partial charge is 0.204 e. The monoisotopic (exact) mass is 320 g/mol. The summed E-state index contributed by atoms with van der Waals surface area (Å²) in [6, 6.07) is 7.96. The summed E-state index contributed by atoms with van der Waals surface area (Å²) in [5.74, 6) is -0.831. The molecule has 0 spiro atoms. The summed E-state index contributed by atoms with van der Waals surface area (Å²) in [7, 11) is 0. The molecular weight excluding hydrogens is 314 g/mol. The predicted octanol–water partition coefficient (Wildman–Crippen LogP) is 5.08. The summed E-state index contributed by atoms with van der Waals surface area (Å²) in [6.45, 7) is 0. The van der Waals surface area contributed by atoms with Crippen molar-refractivity contribution in [3.63, 3.8) is 0 Å². The van der Waals surface area contributed by atoms with Crippen LogP contribution in [0.15, 0.2) is 39.0 Å². The van der Waals surface area contributed by atoms with Gasteiger partial charge in [0.2, 0.25) is 0 Å². The quantitative estimate of drug-likeness (QED) is 0.710. The summed E-state index contributed by atoms with van der Waals surface area (Å²) in [5.41, 5.74) is 0. The molecule has 0 saturated heterocycles. The van der Waals surface area contributed by atoms with Crippen LogP contribution in [0.5, 0.6) is 0 Å². The van der Waals surface area contributed by atoms with Crippen molar-refractivity contribution in [3.8, 4) is 0 Å². The van der Waals surface area contributed by atoms with Gasteiger partial charge in [-0.25, -0.2) is 8.78 Å². The molecule has 0 atom stereocenters. The number of hydrogen-bond donors (Lipinski definition) is 0. The molecule has 1 aromatic heterocycles. The molecule has 0 unspecified atom stereocenters. The van der Waals surface area contributed by atoms with E-state index in [4.69, 9.17) is 0 Å². The van der Waals surface area contributed by atoms with E-state index < -0.39 is 11.6 Å². The van der Waals surface area contributed by atoms with E-state index in [1.54, 1.807) is 17.4 Å². The highest BCUT2D eigenvalue weighted by Crippen LogP contribution is 2.29. The molecule has 0 fully saturated rings. The Labute approximate surface area is 109 Å². The van der Waals surface area contributed by atoms with Gasteiger partial charge in [-0.05, 0) is 46.3 Å². The fourth-order valence-electron chi connectivity index (χ4n) is 1.15. The van der Waals surface area contributed by atoms with Gasteiger partial charge in [-0.1, -0.05) is 0 Å². The van der Waals surface area contributed by atoms with Crippen LogP contribution < -0.4 is 0 Å². The Morgan fingerprint density at radius 2 is 1.94 bits per heavy atom. The van der Waals surface area contributed by atoms with E-state index >= 15 is 0 Å². The Bertz CT molecular complexity index is 496. The van der Waals surface area contributed by atoms with E-state index in [9.17, 15) is 8.78 Å². The lowest BCUT2D eigenvalue weighted by Crippen LogP contribution is -1.83. The van der Waals surface area contributed by atoms with Crippen molar-refractivity contribution in [1.29, 1.82) is 0 Å². The lowest BCUT2D eigenvalue weighted by molar-refractivity contribution is 0.506. The maximum absolute atomic E-state index is 12.9. The minimum absolute atomic E-state index is 0.739. The predicted molar refractivity (Wildman–Crippen MR) is 67.9 cm³/mol. The summed E-state index contributed by atoms with van der Waals surface area (Å²) < 4.78 is 26.7. The van der Waals surface area contributed by atoms with E-state index in [0.29, 0.717) is 0 Å². The van der Waals surface area contributed by atoms with Crippen molar-refractivity contribution in [2.45, 2.75) is 10.6 Å². The molecule has 84 valence electrons. The van der Waals surface area contributed by atoms with Gasteiger partial charge < -0.3 is 0 Å². The van der Waals surface area contributed by atoms with E-state index in [1.165, 1.54) is 22.7 Å². The molecule has 0 N–H and O–H groups in total. The standard InChI is InChI=1S/C11H7BrF2S2/c12-11-4-2-8(16-11)6-15-7-1-3-9(13)10(14)5-7/h1-5H,6H2. The van der Waals surface area contributed by atoms with Crippen LogP contribution in [0.3, 0.4) is 0 Å². The van der Waals surface area contributed by atoms with Crippen LogP contribution >= 0.6 is 39.0 Å². The van der Waals surface area contributed by atoms with Crippen molar-refractivity contribution in [3.05, 3.63) is 50.6 Å². The summed E-state index contributed by atoms with van der Waals surface area (Å²) in [4.78, 5) is 1.94. The zero-order chi connectivity index (χ0) is 11.5. The van der Waals surface area contributed by atoms with E-state index in [2.05, 4.69) is 15.9 Å². The molecule has 0 aliphatic carbocycles. The number of thiophene rings is 1. The van der Waals surface area contributed by atoms with Crippen molar-refractivity contribution < 1.29 is 8.78 Å². The maximum Gasteiger partial charge on any atom is 0.159 e. The molecule has 0 aliphatic heterocycles. The van der Waals surface area contributed by atoms with Crippen LogP contribution in [0.25, 0.3) is 0 Å². The molecule has 0 radical (unpaired) electrons. The Hall–Kier alpha value is -0.390. The molecule has 0 bridgehead atoms. The second-order valence-corrected chi connectivity index (χ2v) is 6.67. The molecule has 0 amide bonds. The first-order chi connectivity index (χ1) is 7.65.